The van der Waals surface area contributed by atoms with Crippen molar-refractivity contribution in [1.29, 1.82) is 0 Å². The Labute approximate surface area is 104 Å². The van der Waals surface area contributed by atoms with Crippen LogP contribution in [0, 0.1) is 5.92 Å². The van der Waals surface area contributed by atoms with Gasteiger partial charge < -0.3 is 15.5 Å². The third-order valence-electron chi connectivity index (χ3n) is 3.90. The summed E-state index contributed by atoms with van der Waals surface area (Å²) >= 11 is 0. The Morgan fingerprint density at radius 2 is 2.12 bits per heavy atom. The third kappa shape index (κ3) is 3.68. The van der Waals surface area contributed by atoms with E-state index in [0.29, 0.717) is 6.04 Å². The molecule has 0 bridgehead atoms. The maximum atomic E-state index is 12.0. The first-order valence-corrected chi connectivity index (χ1v) is 7.03. The predicted octanol–water partition coefficient (Wildman–Crippen LogP) is 0.587. The fourth-order valence-electron chi connectivity index (χ4n) is 2.81. The molecule has 2 aliphatic rings. The number of nitrogens with zero attached hydrogens (tertiary/aromatic N) is 1. The van der Waals surface area contributed by atoms with Gasteiger partial charge in [-0.2, -0.15) is 0 Å². The average molecular weight is 239 g/mol. The van der Waals surface area contributed by atoms with Crippen LogP contribution in [0.4, 0.5) is 0 Å². The molecule has 1 amide bonds. The lowest BCUT2D eigenvalue weighted by Gasteiger charge is -2.32. The summed E-state index contributed by atoms with van der Waals surface area (Å²) in [6, 6.07) is 0.413. The molecule has 2 rings (SSSR count). The van der Waals surface area contributed by atoms with Gasteiger partial charge >= 0.3 is 0 Å². The minimum atomic E-state index is 0.212. The number of nitrogens with one attached hydrogen (secondary N) is 2. The van der Waals surface area contributed by atoms with Crippen molar-refractivity contribution in [1.82, 2.24) is 15.5 Å². The van der Waals surface area contributed by atoms with Gasteiger partial charge in [-0.3, -0.25) is 4.79 Å². The van der Waals surface area contributed by atoms with Crippen molar-refractivity contribution < 1.29 is 4.79 Å². The second kappa shape index (κ2) is 6.36. The summed E-state index contributed by atoms with van der Waals surface area (Å²) < 4.78 is 0. The summed E-state index contributed by atoms with van der Waals surface area (Å²) in [5.41, 5.74) is 0. The fraction of sp³-hybridized carbons (Fsp3) is 0.923. The van der Waals surface area contributed by atoms with Crippen molar-refractivity contribution in [3.63, 3.8) is 0 Å². The summed E-state index contributed by atoms with van der Waals surface area (Å²) in [5, 5.41) is 6.46. The van der Waals surface area contributed by atoms with Crippen molar-refractivity contribution in [3.05, 3.63) is 0 Å². The lowest BCUT2D eigenvalue weighted by Crippen LogP contribution is -2.46. The zero-order chi connectivity index (χ0) is 12.1. The number of hydrogen-bond donors (Lipinski definition) is 2. The highest BCUT2D eigenvalue weighted by atomic mass is 16.2. The van der Waals surface area contributed by atoms with Crippen molar-refractivity contribution in [2.24, 2.45) is 5.92 Å². The van der Waals surface area contributed by atoms with Gasteiger partial charge in [-0.15, -0.1) is 0 Å². The summed E-state index contributed by atoms with van der Waals surface area (Å²) in [6.45, 7) is 7.56. The number of amides is 1. The van der Waals surface area contributed by atoms with Gasteiger partial charge in [0.05, 0.1) is 5.92 Å². The van der Waals surface area contributed by atoms with Crippen LogP contribution in [-0.2, 0) is 4.79 Å². The Balaban J connectivity index is 1.68. The minimum Gasteiger partial charge on any atom is -0.353 e. The molecule has 2 N–H and O–H groups in total. The molecule has 2 heterocycles. The zero-order valence-electron chi connectivity index (χ0n) is 10.9. The number of rotatable bonds is 4. The number of carbonyl (C=O) groups excluding carboxylic acids is 1. The van der Waals surface area contributed by atoms with Gasteiger partial charge in [0.2, 0.25) is 5.91 Å². The van der Waals surface area contributed by atoms with Crippen LogP contribution in [0.2, 0.25) is 0 Å². The van der Waals surface area contributed by atoms with Crippen LogP contribution in [0.1, 0.15) is 32.6 Å². The van der Waals surface area contributed by atoms with Crippen LogP contribution in [0.5, 0.6) is 0 Å². The van der Waals surface area contributed by atoms with E-state index in [1.54, 1.807) is 0 Å². The number of piperidine rings is 1. The van der Waals surface area contributed by atoms with E-state index in [2.05, 4.69) is 22.5 Å². The molecule has 0 aromatic carbocycles. The van der Waals surface area contributed by atoms with E-state index in [1.165, 1.54) is 13.0 Å². The third-order valence-corrected chi connectivity index (χ3v) is 3.90. The molecule has 0 radical (unpaired) electrons. The molecule has 98 valence electrons. The van der Waals surface area contributed by atoms with Gasteiger partial charge in [-0.1, -0.05) is 6.92 Å². The van der Waals surface area contributed by atoms with Crippen molar-refractivity contribution in [2.45, 2.75) is 38.6 Å². The highest BCUT2D eigenvalue weighted by Gasteiger charge is 2.26. The quantitative estimate of drug-likeness (QED) is 0.754. The SMILES string of the molecule is CCCN1CCC(NC(=O)C2CCNC2)CC1. The topological polar surface area (TPSA) is 44.4 Å². The van der Waals surface area contributed by atoms with Crippen LogP contribution in [0.3, 0.4) is 0 Å². The maximum absolute atomic E-state index is 12.0. The smallest absolute Gasteiger partial charge is 0.224 e. The van der Waals surface area contributed by atoms with Crippen LogP contribution in [0.25, 0.3) is 0 Å². The van der Waals surface area contributed by atoms with E-state index >= 15 is 0 Å². The molecule has 4 heteroatoms. The molecule has 4 nitrogen and oxygen atoms in total. The second-order valence-corrected chi connectivity index (χ2v) is 5.31. The molecule has 0 aromatic heterocycles. The summed E-state index contributed by atoms with van der Waals surface area (Å²) in [4.78, 5) is 14.5. The van der Waals surface area contributed by atoms with Crippen LogP contribution in [0.15, 0.2) is 0 Å². The highest BCUT2D eigenvalue weighted by Crippen LogP contribution is 2.13. The molecule has 2 fully saturated rings. The van der Waals surface area contributed by atoms with Crippen LogP contribution < -0.4 is 10.6 Å². The van der Waals surface area contributed by atoms with Gasteiger partial charge in [0, 0.05) is 25.7 Å². The molecule has 0 aliphatic carbocycles. The van der Waals surface area contributed by atoms with Crippen molar-refractivity contribution in [2.75, 3.05) is 32.7 Å². The van der Waals surface area contributed by atoms with E-state index in [4.69, 9.17) is 0 Å². The van der Waals surface area contributed by atoms with Crippen molar-refractivity contribution >= 4 is 5.91 Å². The molecule has 17 heavy (non-hydrogen) atoms. The second-order valence-electron chi connectivity index (χ2n) is 5.31. The van der Waals surface area contributed by atoms with E-state index in [0.717, 1.165) is 45.4 Å². The first kappa shape index (κ1) is 12.8. The van der Waals surface area contributed by atoms with E-state index in [-0.39, 0.29) is 11.8 Å². The first-order valence-electron chi connectivity index (χ1n) is 7.03. The van der Waals surface area contributed by atoms with Gasteiger partial charge in [0.25, 0.3) is 0 Å². The molecule has 1 unspecified atom stereocenters. The molecule has 0 spiro atoms. The lowest BCUT2D eigenvalue weighted by molar-refractivity contribution is -0.125. The Kier molecular flexibility index (Phi) is 4.80. The Morgan fingerprint density at radius 1 is 1.35 bits per heavy atom. The maximum Gasteiger partial charge on any atom is 0.224 e. The molecule has 2 saturated heterocycles. The predicted molar refractivity (Wildman–Crippen MR) is 68.9 cm³/mol. The van der Waals surface area contributed by atoms with Gasteiger partial charge in [-0.25, -0.2) is 0 Å². The van der Waals surface area contributed by atoms with Crippen molar-refractivity contribution in [3.8, 4) is 0 Å². The lowest BCUT2D eigenvalue weighted by atomic mass is 10.0. The van der Waals surface area contributed by atoms with Crippen LogP contribution in [-0.4, -0.2) is 49.6 Å². The number of likely N-dealkylation sites (tertiary alicyclic amines) is 1. The normalized spacial score (nSPS) is 27.2. The minimum absolute atomic E-state index is 0.212. The Morgan fingerprint density at radius 3 is 2.71 bits per heavy atom. The fourth-order valence-corrected chi connectivity index (χ4v) is 2.81. The standard InChI is InChI=1S/C13H25N3O/c1-2-7-16-8-4-12(5-9-16)15-13(17)11-3-6-14-10-11/h11-12,14H,2-10H2,1H3,(H,15,17). The van der Waals surface area contributed by atoms with E-state index in [9.17, 15) is 4.79 Å². The van der Waals surface area contributed by atoms with Crippen LogP contribution >= 0.6 is 0 Å². The van der Waals surface area contributed by atoms with E-state index < -0.39 is 0 Å². The number of hydrogen-bond acceptors (Lipinski definition) is 3. The van der Waals surface area contributed by atoms with E-state index in [1.807, 2.05) is 0 Å². The zero-order valence-corrected chi connectivity index (χ0v) is 10.9. The molecule has 0 aromatic rings. The number of carbonyl (C=O) groups is 1. The monoisotopic (exact) mass is 239 g/mol. The molecular formula is C13H25N3O. The summed E-state index contributed by atoms with van der Waals surface area (Å²) in [6.07, 6.45) is 4.46. The highest BCUT2D eigenvalue weighted by molar-refractivity contribution is 5.79. The average Bonchev–Trinajstić information content (AvgIpc) is 2.86. The largest absolute Gasteiger partial charge is 0.353 e. The van der Waals surface area contributed by atoms with Gasteiger partial charge in [-0.05, 0) is 38.8 Å². The molecule has 1 atom stereocenters. The van der Waals surface area contributed by atoms with Gasteiger partial charge in [0.1, 0.15) is 0 Å². The molecule has 0 saturated carbocycles. The Hall–Kier alpha value is -0.610. The summed E-state index contributed by atoms with van der Waals surface area (Å²) in [5.74, 6) is 0.479. The Bertz CT molecular complexity index is 243. The first-order chi connectivity index (χ1) is 8.29. The van der Waals surface area contributed by atoms with Gasteiger partial charge in [0.15, 0.2) is 0 Å². The molecule has 2 aliphatic heterocycles. The molecular weight excluding hydrogens is 214 g/mol. The summed E-state index contributed by atoms with van der Waals surface area (Å²) in [7, 11) is 0.